The third-order valence-corrected chi connectivity index (χ3v) is 4.69. The van der Waals surface area contributed by atoms with Crippen LogP contribution in [0.3, 0.4) is 0 Å². The van der Waals surface area contributed by atoms with Gasteiger partial charge in [0.2, 0.25) is 5.76 Å². The third-order valence-electron chi connectivity index (χ3n) is 4.28. The average Bonchev–Trinajstić information content (AvgIpc) is 2.92. The van der Waals surface area contributed by atoms with Crippen LogP contribution < -0.4 is 5.63 Å². The van der Waals surface area contributed by atoms with E-state index in [-0.39, 0.29) is 21.9 Å². The van der Waals surface area contributed by atoms with Gasteiger partial charge in [-0.15, -0.1) is 0 Å². The number of ether oxygens (including phenoxy) is 3. The van der Waals surface area contributed by atoms with Crippen molar-refractivity contribution in [2.75, 3.05) is 14.2 Å². The highest BCUT2D eigenvalue weighted by Gasteiger charge is 2.44. The summed E-state index contributed by atoms with van der Waals surface area (Å²) in [6, 6.07) is 3.45. The van der Waals surface area contributed by atoms with Gasteiger partial charge in [0, 0.05) is 5.39 Å². The fourth-order valence-electron chi connectivity index (χ4n) is 2.81. The number of aryl methyl sites for hydroxylation is 2. The van der Waals surface area contributed by atoms with Crippen molar-refractivity contribution >= 4 is 34.5 Å². The largest absolute Gasteiger partial charge is 0.489 e. The molecule has 0 radical (unpaired) electrons. The molecule has 0 amide bonds. The summed E-state index contributed by atoms with van der Waals surface area (Å²) < 4.78 is 20.1. The summed E-state index contributed by atoms with van der Waals surface area (Å²) in [6.07, 6.45) is -1.38. The Kier molecular flexibility index (Phi) is 4.50. The van der Waals surface area contributed by atoms with Crippen LogP contribution in [0, 0.1) is 13.8 Å². The van der Waals surface area contributed by atoms with Crippen LogP contribution in [0.2, 0.25) is 5.02 Å². The Balaban J connectivity index is 2.30. The lowest BCUT2D eigenvalue weighted by molar-refractivity contribution is -0.143. The van der Waals surface area contributed by atoms with Crippen LogP contribution >= 0.6 is 11.6 Å². The molecule has 0 spiro atoms. The Hall–Kier alpha value is -2.80. The quantitative estimate of drug-likeness (QED) is 0.599. The molecule has 0 bridgehead atoms. The standard InChI is InChI=1S/C18H15ClO7/c1-7-5-9-10(6-8(7)2)25-17(21)11(13(9)19)14-12(16(20)24-4)15(23-3)18(22)26-14/h5-6,14H,1-4H3. The minimum Gasteiger partial charge on any atom is -0.489 e. The SMILES string of the molecule is COC(=O)C1=C(OC)C(=O)OC1c1c(Cl)c2cc(C)c(C)cc2oc1=O. The van der Waals surface area contributed by atoms with E-state index in [4.69, 9.17) is 25.5 Å². The molecule has 136 valence electrons. The number of rotatable bonds is 3. The third kappa shape index (κ3) is 2.64. The molecule has 0 N–H and O–H groups in total. The Morgan fingerprint density at radius 2 is 1.81 bits per heavy atom. The van der Waals surface area contributed by atoms with Crippen molar-refractivity contribution in [1.82, 2.24) is 0 Å². The van der Waals surface area contributed by atoms with Gasteiger partial charge in [-0.25, -0.2) is 14.4 Å². The topological polar surface area (TPSA) is 92.0 Å². The summed E-state index contributed by atoms with van der Waals surface area (Å²) >= 11 is 6.44. The molecule has 1 atom stereocenters. The van der Waals surface area contributed by atoms with Gasteiger partial charge in [0.15, 0.2) is 6.10 Å². The lowest BCUT2D eigenvalue weighted by Crippen LogP contribution is -2.19. The Morgan fingerprint density at radius 3 is 2.42 bits per heavy atom. The van der Waals surface area contributed by atoms with Crippen molar-refractivity contribution in [2.45, 2.75) is 20.0 Å². The normalized spacial score (nSPS) is 16.8. The number of carbonyl (C=O) groups excluding carboxylic acids is 2. The van der Waals surface area contributed by atoms with E-state index in [2.05, 4.69) is 4.74 Å². The number of fused-ring (bicyclic) bond motifs is 1. The monoisotopic (exact) mass is 378 g/mol. The van der Waals surface area contributed by atoms with E-state index in [9.17, 15) is 14.4 Å². The van der Waals surface area contributed by atoms with Crippen LogP contribution in [0.25, 0.3) is 11.0 Å². The van der Waals surface area contributed by atoms with E-state index >= 15 is 0 Å². The first kappa shape index (κ1) is 18.0. The first-order chi connectivity index (χ1) is 12.3. The molecule has 1 aromatic heterocycles. The van der Waals surface area contributed by atoms with Gasteiger partial charge in [-0.2, -0.15) is 0 Å². The molecule has 2 aromatic rings. The number of methoxy groups -OCH3 is 2. The van der Waals surface area contributed by atoms with Crippen molar-refractivity contribution in [3.8, 4) is 0 Å². The molecule has 7 nitrogen and oxygen atoms in total. The predicted molar refractivity (Wildman–Crippen MR) is 91.9 cm³/mol. The first-order valence-corrected chi connectivity index (χ1v) is 7.98. The predicted octanol–water partition coefficient (Wildman–Crippen LogP) is 2.73. The van der Waals surface area contributed by atoms with Crippen LogP contribution in [-0.4, -0.2) is 26.2 Å². The number of hydrogen-bond donors (Lipinski definition) is 0. The maximum absolute atomic E-state index is 12.5. The van der Waals surface area contributed by atoms with Crippen molar-refractivity contribution in [2.24, 2.45) is 0 Å². The maximum Gasteiger partial charge on any atom is 0.375 e. The molecule has 0 saturated heterocycles. The molecule has 1 aromatic carbocycles. The van der Waals surface area contributed by atoms with Crippen molar-refractivity contribution in [1.29, 1.82) is 0 Å². The summed E-state index contributed by atoms with van der Waals surface area (Å²) in [6.45, 7) is 3.76. The van der Waals surface area contributed by atoms with Crippen LogP contribution in [0.1, 0.15) is 22.8 Å². The van der Waals surface area contributed by atoms with E-state index in [0.717, 1.165) is 18.2 Å². The second kappa shape index (κ2) is 6.49. The molecule has 0 fully saturated rings. The molecule has 1 unspecified atom stereocenters. The van der Waals surface area contributed by atoms with Crippen LogP contribution in [0.15, 0.2) is 32.7 Å². The van der Waals surface area contributed by atoms with E-state index in [1.807, 2.05) is 13.8 Å². The highest BCUT2D eigenvalue weighted by molar-refractivity contribution is 6.36. The molecule has 3 rings (SSSR count). The Bertz CT molecular complexity index is 1030. The Labute approximate surface area is 153 Å². The van der Waals surface area contributed by atoms with E-state index in [1.54, 1.807) is 12.1 Å². The number of hydrogen-bond acceptors (Lipinski definition) is 7. The zero-order valence-corrected chi connectivity index (χ0v) is 15.2. The second-order valence-corrected chi connectivity index (χ2v) is 6.15. The average molecular weight is 379 g/mol. The van der Waals surface area contributed by atoms with Gasteiger partial charge in [-0.3, -0.25) is 0 Å². The molecule has 2 heterocycles. The Morgan fingerprint density at radius 1 is 1.15 bits per heavy atom. The summed E-state index contributed by atoms with van der Waals surface area (Å²) in [5.41, 5.74) is 0.937. The number of carbonyl (C=O) groups is 2. The van der Waals surface area contributed by atoms with Crippen LogP contribution in [0.4, 0.5) is 0 Å². The summed E-state index contributed by atoms with van der Waals surface area (Å²) in [7, 11) is 2.34. The highest BCUT2D eigenvalue weighted by Crippen LogP contribution is 2.40. The van der Waals surface area contributed by atoms with Crippen LogP contribution in [0.5, 0.6) is 0 Å². The first-order valence-electron chi connectivity index (χ1n) is 7.61. The number of esters is 2. The molecule has 1 aliphatic heterocycles. The molecule has 1 aliphatic rings. The van der Waals surface area contributed by atoms with Gasteiger partial charge in [0.1, 0.15) is 16.7 Å². The van der Waals surface area contributed by atoms with E-state index in [0.29, 0.717) is 11.0 Å². The number of benzene rings is 1. The summed E-state index contributed by atoms with van der Waals surface area (Å²) in [4.78, 5) is 36.7. The number of cyclic esters (lactones) is 1. The van der Waals surface area contributed by atoms with Gasteiger partial charge in [0.05, 0.1) is 19.2 Å². The van der Waals surface area contributed by atoms with Gasteiger partial charge >= 0.3 is 17.6 Å². The molecule has 26 heavy (non-hydrogen) atoms. The van der Waals surface area contributed by atoms with Gasteiger partial charge < -0.3 is 18.6 Å². The molecule has 0 aliphatic carbocycles. The maximum atomic E-state index is 12.5. The molecule has 0 saturated carbocycles. The molecule has 8 heteroatoms. The second-order valence-electron chi connectivity index (χ2n) is 5.77. The van der Waals surface area contributed by atoms with E-state index < -0.39 is 23.7 Å². The zero-order chi connectivity index (χ0) is 19.2. The van der Waals surface area contributed by atoms with Crippen molar-refractivity contribution < 1.29 is 28.2 Å². The lowest BCUT2D eigenvalue weighted by atomic mass is 10.0. The summed E-state index contributed by atoms with van der Waals surface area (Å²) in [5, 5.41) is 0.506. The van der Waals surface area contributed by atoms with Crippen LogP contribution in [-0.2, 0) is 23.8 Å². The minimum atomic E-state index is -1.38. The summed E-state index contributed by atoms with van der Waals surface area (Å²) in [5.74, 6) is -2.10. The molecular weight excluding hydrogens is 364 g/mol. The fraction of sp³-hybridized carbons (Fsp3) is 0.278. The smallest absolute Gasteiger partial charge is 0.375 e. The van der Waals surface area contributed by atoms with E-state index in [1.165, 1.54) is 7.11 Å². The van der Waals surface area contributed by atoms with Gasteiger partial charge in [-0.1, -0.05) is 11.6 Å². The van der Waals surface area contributed by atoms with Gasteiger partial charge in [-0.05, 0) is 37.1 Å². The highest BCUT2D eigenvalue weighted by atomic mass is 35.5. The van der Waals surface area contributed by atoms with Crippen molar-refractivity contribution in [3.63, 3.8) is 0 Å². The van der Waals surface area contributed by atoms with Gasteiger partial charge in [0.25, 0.3) is 0 Å². The minimum absolute atomic E-state index is 0.0379. The zero-order valence-electron chi connectivity index (χ0n) is 14.5. The lowest BCUT2D eigenvalue weighted by Gasteiger charge is -2.14. The molecular formula is C18H15ClO7. The number of halogens is 1. The fourth-order valence-corrected chi connectivity index (χ4v) is 3.14. The van der Waals surface area contributed by atoms with Crippen molar-refractivity contribution in [3.05, 3.63) is 55.6 Å².